The molecule has 39 heavy (non-hydrogen) atoms. The first-order valence-electron chi connectivity index (χ1n) is 13.0. The van der Waals surface area contributed by atoms with Gasteiger partial charge in [0.05, 0.1) is 10.6 Å². The number of carbonyl (C=O) groups excluding carboxylic acids is 1. The fourth-order valence-corrected chi connectivity index (χ4v) is 7.69. The van der Waals surface area contributed by atoms with E-state index < -0.39 is 9.84 Å². The van der Waals surface area contributed by atoms with Crippen LogP contribution in [0, 0.1) is 13.8 Å². The van der Waals surface area contributed by atoms with Crippen LogP contribution < -0.4 is 10.2 Å². The Morgan fingerprint density at radius 1 is 1.03 bits per heavy atom. The summed E-state index contributed by atoms with van der Waals surface area (Å²) in [6.45, 7) is 8.80. The van der Waals surface area contributed by atoms with Crippen molar-refractivity contribution in [3.05, 3.63) is 80.4 Å². The van der Waals surface area contributed by atoms with Crippen molar-refractivity contribution in [1.29, 1.82) is 0 Å². The van der Waals surface area contributed by atoms with E-state index in [2.05, 4.69) is 42.0 Å². The number of nitrogens with zero attached hydrogens (tertiary/aromatic N) is 2. The van der Waals surface area contributed by atoms with E-state index in [0.29, 0.717) is 36.3 Å². The Kier molecular flexibility index (Phi) is 9.66. The third kappa shape index (κ3) is 7.60. The van der Waals surface area contributed by atoms with Gasteiger partial charge in [-0.2, -0.15) is 0 Å². The van der Waals surface area contributed by atoms with Gasteiger partial charge in [0.25, 0.3) is 5.91 Å². The summed E-state index contributed by atoms with van der Waals surface area (Å²) >= 11 is 2.67. The van der Waals surface area contributed by atoms with Crippen molar-refractivity contribution in [3.8, 4) is 10.4 Å². The molecule has 2 aromatic heterocycles. The van der Waals surface area contributed by atoms with E-state index in [1.165, 1.54) is 21.5 Å². The summed E-state index contributed by atoms with van der Waals surface area (Å²) in [5.41, 5.74) is 2.88. The molecule has 4 rings (SSSR count). The van der Waals surface area contributed by atoms with Gasteiger partial charge in [-0.05, 0) is 81.2 Å². The lowest BCUT2D eigenvalue weighted by Gasteiger charge is -2.22. The number of aryl methyl sites for hydroxylation is 2. The molecule has 0 aliphatic carbocycles. The molecule has 0 saturated carbocycles. The molecule has 0 aliphatic rings. The van der Waals surface area contributed by atoms with Crippen LogP contribution in [0.15, 0.2) is 64.4 Å². The lowest BCUT2D eigenvalue weighted by Crippen LogP contribution is -2.36. The van der Waals surface area contributed by atoms with Crippen LogP contribution in [-0.4, -0.2) is 56.1 Å². The molecule has 0 atom stereocenters. The van der Waals surface area contributed by atoms with Crippen LogP contribution in [0.3, 0.4) is 0 Å². The van der Waals surface area contributed by atoms with Gasteiger partial charge in [0, 0.05) is 44.7 Å². The molecule has 10 heteroatoms. The van der Waals surface area contributed by atoms with Gasteiger partial charge in [-0.15, -0.1) is 11.3 Å². The smallest absolute Gasteiger partial charge is 0.326 e. The summed E-state index contributed by atoms with van der Waals surface area (Å²) in [5.74, 6) is -0.102. The van der Waals surface area contributed by atoms with Crippen LogP contribution in [0.2, 0.25) is 0 Å². The second-order valence-electron chi connectivity index (χ2n) is 9.55. The Balaban J connectivity index is 1.30. The van der Waals surface area contributed by atoms with E-state index in [9.17, 15) is 18.0 Å². The second-order valence-corrected chi connectivity index (χ2v) is 13.9. The topological polar surface area (TPSA) is 96.4 Å². The Bertz CT molecular complexity index is 1630. The fourth-order valence-electron chi connectivity index (χ4n) is 4.55. The van der Waals surface area contributed by atoms with Gasteiger partial charge < -0.3 is 10.2 Å². The largest absolute Gasteiger partial charge is 0.351 e. The van der Waals surface area contributed by atoms with Crippen LogP contribution in [0.1, 0.15) is 40.6 Å². The molecule has 0 unspecified atom stereocenters. The third-order valence-electron chi connectivity index (χ3n) is 6.42. The van der Waals surface area contributed by atoms with Crippen molar-refractivity contribution in [2.75, 3.05) is 31.9 Å². The molecule has 7 nitrogen and oxygen atoms in total. The average Bonchev–Trinajstić information content (AvgIpc) is 3.25. The number of amides is 1. The lowest BCUT2D eigenvalue weighted by molar-refractivity contribution is 0.0948. The first kappa shape index (κ1) is 29.1. The van der Waals surface area contributed by atoms with E-state index >= 15 is 0 Å². The number of thiophene rings is 1. The van der Waals surface area contributed by atoms with Gasteiger partial charge >= 0.3 is 4.87 Å². The molecule has 2 aromatic carbocycles. The zero-order valence-electron chi connectivity index (χ0n) is 22.4. The summed E-state index contributed by atoms with van der Waals surface area (Å²) in [5, 5.41) is 3.76. The minimum Gasteiger partial charge on any atom is -0.351 e. The molecule has 2 heterocycles. The molecule has 0 aliphatic heterocycles. The highest BCUT2D eigenvalue weighted by molar-refractivity contribution is 7.91. The summed E-state index contributed by atoms with van der Waals surface area (Å²) in [7, 11) is -3.49. The number of fused-ring (bicyclic) bond motifs is 1. The number of sulfone groups is 1. The molecule has 0 saturated heterocycles. The maximum atomic E-state index is 12.9. The predicted molar refractivity (Wildman–Crippen MR) is 161 cm³/mol. The number of hydrogen-bond acceptors (Lipinski definition) is 8. The number of benzene rings is 2. The molecule has 0 spiro atoms. The van der Waals surface area contributed by atoms with Gasteiger partial charge in [0.2, 0.25) is 0 Å². The van der Waals surface area contributed by atoms with Gasteiger partial charge in [0.1, 0.15) is 0 Å². The molecule has 0 radical (unpaired) electrons. The zero-order chi connectivity index (χ0) is 28.0. The van der Waals surface area contributed by atoms with Crippen LogP contribution in [0.25, 0.3) is 20.5 Å². The third-order valence-corrected chi connectivity index (χ3v) is 10.3. The van der Waals surface area contributed by atoms with Crippen molar-refractivity contribution in [3.63, 3.8) is 0 Å². The highest BCUT2D eigenvalue weighted by Gasteiger charge is 2.17. The first-order chi connectivity index (χ1) is 18.7. The minimum atomic E-state index is -3.49. The lowest BCUT2D eigenvalue weighted by atomic mass is 10.1. The summed E-state index contributed by atoms with van der Waals surface area (Å²) in [4.78, 5) is 32.6. The number of carbonyl (C=O) groups is 1. The Morgan fingerprint density at radius 2 is 1.85 bits per heavy atom. The van der Waals surface area contributed by atoms with Crippen LogP contribution in [0.4, 0.5) is 0 Å². The van der Waals surface area contributed by atoms with Crippen molar-refractivity contribution < 1.29 is 13.2 Å². The molecule has 1 N–H and O–H groups in total. The Labute approximate surface area is 237 Å². The Hall–Kier alpha value is -2.92. The maximum absolute atomic E-state index is 12.9. The SMILES string of the molecule is CCCN(CCCS(=O)(=O)c1ccc2cnc(=O)sc2c1)CCNC(=O)c1cccc(-c2sc(C)cc2C)c1. The van der Waals surface area contributed by atoms with Gasteiger partial charge in [0.15, 0.2) is 9.84 Å². The maximum Gasteiger partial charge on any atom is 0.326 e. The summed E-state index contributed by atoms with van der Waals surface area (Å²) < 4.78 is 26.5. The van der Waals surface area contributed by atoms with Crippen molar-refractivity contribution in [2.45, 2.75) is 38.5 Å². The van der Waals surface area contributed by atoms with Crippen LogP contribution in [0.5, 0.6) is 0 Å². The van der Waals surface area contributed by atoms with Crippen molar-refractivity contribution >= 4 is 48.5 Å². The summed E-state index contributed by atoms with van der Waals surface area (Å²) in [6.07, 6.45) is 2.87. The first-order valence-corrected chi connectivity index (χ1v) is 16.3. The summed E-state index contributed by atoms with van der Waals surface area (Å²) in [6, 6.07) is 14.7. The number of hydrogen-bond donors (Lipinski definition) is 1. The fraction of sp³-hybridized carbons (Fsp3) is 0.345. The van der Waals surface area contributed by atoms with Crippen LogP contribution >= 0.6 is 22.7 Å². The quantitative estimate of drug-likeness (QED) is 0.243. The molecule has 0 fully saturated rings. The van der Waals surface area contributed by atoms with E-state index in [0.717, 1.165) is 35.3 Å². The monoisotopic (exact) mass is 583 g/mol. The molecular formula is C29H33N3O4S3. The number of rotatable bonds is 12. The number of nitrogens with one attached hydrogen (secondary N) is 1. The molecular weight excluding hydrogens is 551 g/mol. The standard InChI is InChI=1S/C29H33N3O4S3/c1-4-12-32(13-6-15-39(35,36)25-10-9-24-19-31-29(34)38-26(24)18-25)14-11-30-28(33)23-8-5-7-22(17-23)27-20(2)16-21(3)37-27/h5,7-10,16-19H,4,6,11-15H2,1-3H3,(H,30,33). The van der Waals surface area contributed by atoms with E-state index in [1.54, 1.807) is 29.5 Å². The van der Waals surface area contributed by atoms with Crippen LogP contribution in [-0.2, 0) is 9.84 Å². The predicted octanol–water partition coefficient (Wildman–Crippen LogP) is 5.31. The van der Waals surface area contributed by atoms with E-state index in [4.69, 9.17) is 0 Å². The second kappa shape index (κ2) is 13.0. The Morgan fingerprint density at radius 3 is 2.59 bits per heavy atom. The van der Waals surface area contributed by atoms with E-state index in [1.807, 2.05) is 24.3 Å². The van der Waals surface area contributed by atoms with E-state index in [-0.39, 0.29) is 21.4 Å². The van der Waals surface area contributed by atoms with Crippen molar-refractivity contribution in [1.82, 2.24) is 15.2 Å². The highest BCUT2D eigenvalue weighted by atomic mass is 32.2. The van der Waals surface area contributed by atoms with Gasteiger partial charge in [-0.3, -0.25) is 9.59 Å². The van der Waals surface area contributed by atoms with Gasteiger partial charge in [-0.25, -0.2) is 13.4 Å². The zero-order valence-corrected chi connectivity index (χ0v) is 24.8. The van der Waals surface area contributed by atoms with Crippen molar-refractivity contribution in [2.24, 2.45) is 0 Å². The molecule has 4 aromatic rings. The molecule has 0 bridgehead atoms. The molecule has 206 valence electrons. The minimum absolute atomic E-state index is 0.0134. The van der Waals surface area contributed by atoms with Gasteiger partial charge in [-0.1, -0.05) is 36.5 Å². The molecule has 1 amide bonds. The number of aromatic nitrogens is 1. The average molecular weight is 584 g/mol. The highest BCUT2D eigenvalue weighted by Crippen LogP contribution is 2.32. The normalized spacial score (nSPS) is 11.8.